The van der Waals surface area contributed by atoms with Gasteiger partial charge < -0.3 is 26.0 Å². The minimum Gasteiger partial charge on any atom is -0.465 e. The molecule has 0 radical (unpaired) electrons. The lowest BCUT2D eigenvalue weighted by Gasteiger charge is -2.36. The number of fused-ring (bicyclic) bond motifs is 1. The SMILES string of the molecule is NC(=NCNc1cnn2ccc(N3CCC[C@@H]3c3cc(F)ccc3Cl)nc12)C1CN(C(=O)O)C1. The van der Waals surface area contributed by atoms with Crippen LogP contribution in [0.25, 0.3) is 5.65 Å². The number of hydrogen-bond acceptors (Lipinski definition) is 6. The zero-order valence-corrected chi connectivity index (χ0v) is 19.0. The molecule has 1 amide bonds. The van der Waals surface area contributed by atoms with E-state index in [0.29, 0.717) is 35.3 Å². The third-order valence-electron chi connectivity index (χ3n) is 6.32. The number of nitrogens with one attached hydrogen (secondary N) is 1. The number of carboxylic acid groups (broad SMARTS) is 1. The molecule has 12 heteroatoms. The van der Waals surface area contributed by atoms with Gasteiger partial charge in [0.25, 0.3) is 0 Å². The van der Waals surface area contributed by atoms with E-state index in [1.165, 1.54) is 17.0 Å². The summed E-state index contributed by atoms with van der Waals surface area (Å²) in [7, 11) is 0. The van der Waals surface area contributed by atoms with Crippen LogP contribution in [-0.4, -0.2) is 62.8 Å². The highest BCUT2D eigenvalue weighted by atomic mass is 35.5. The summed E-state index contributed by atoms with van der Waals surface area (Å²) in [6, 6.07) is 6.27. The maximum Gasteiger partial charge on any atom is 0.407 e. The maximum atomic E-state index is 13.9. The summed E-state index contributed by atoms with van der Waals surface area (Å²) in [5.41, 5.74) is 8.08. The number of halogens is 2. The first-order chi connectivity index (χ1) is 16.4. The number of aromatic nitrogens is 3. The molecule has 2 aromatic heterocycles. The van der Waals surface area contributed by atoms with Gasteiger partial charge in [-0.15, -0.1) is 0 Å². The molecule has 0 unspecified atom stereocenters. The van der Waals surface area contributed by atoms with Crippen LogP contribution in [0.4, 0.5) is 20.7 Å². The van der Waals surface area contributed by atoms with Crippen LogP contribution in [-0.2, 0) is 0 Å². The molecule has 2 aliphatic rings. The van der Waals surface area contributed by atoms with Crippen molar-refractivity contribution in [1.29, 1.82) is 0 Å². The molecule has 1 atom stereocenters. The number of anilines is 2. The molecule has 10 nitrogen and oxygen atoms in total. The van der Waals surface area contributed by atoms with Crippen molar-refractivity contribution in [2.45, 2.75) is 18.9 Å². The highest BCUT2D eigenvalue weighted by Gasteiger charge is 2.33. The van der Waals surface area contributed by atoms with Gasteiger partial charge in [0.05, 0.1) is 18.2 Å². The average molecular weight is 487 g/mol. The van der Waals surface area contributed by atoms with Gasteiger partial charge in [-0.3, -0.25) is 4.99 Å². The van der Waals surface area contributed by atoms with Crippen LogP contribution < -0.4 is 16.0 Å². The highest BCUT2D eigenvalue weighted by Crippen LogP contribution is 2.38. The average Bonchev–Trinajstić information content (AvgIpc) is 3.41. The summed E-state index contributed by atoms with van der Waals surface area (Å²) in [5, 5.41) is 17.0. The number of rotatable bonds is 6. The second-order valence-electron chi connectivity index (χ2n) is 8.43. The first kappa shape index (κ1) is 22.2. The van der Waals surface area contributed by atoms with E-state index >= 15 is 0 Å². The number of benzene rings is 1. The molecule has 0 bridgehead atoms. The molecule has 2 aliphatic heterocycles. The highest BCUT2D eigenvalue weighted by molar-refractivity contribution is 6.31. The van der Waals surface area contributed by atoms with Gasteiger partial charge in [-0.25, -0.2) is 18.7 Å². The number of hydrogen-bond donors (Lipinski definition) is 3. The lowest BCUT2D eigenvalue weighted by molar-refractivity contribution is 0.102. The largest absolute Gasteiger partial charge is 0.465 e. The van der Waals surface area contributed by atoms with Crippen LogP contribution in [0.5, 0.6) is 0 Å². The number of nitrogens with two attached hydrogens (primary N) is 1. The van der Waals surface area contributed by atoms with E-state index < -0.39 is 6.09 Å². The van der Waals surface area contributed by atoms with Crippen molar-refractivity contribution in [2.75, 3.05) is 36.5 Å². The number of nitrogens with zero attached hydrogens (tertiary/aromatic N) is 6. The van der Waals surface area contributed by atoms with E-state index in [9.17, 15) is 9.18 Å². The Hall–Kier alpha value is -3.60. The van der Waals surface area contributed by atoms with Gasteiger partial charge in [0.2, 0.25) is 0 Å². The fraction of sp³-hybridized carbons (Fsp3) is 0.364. The number of amidine groups is 1. The molecule has 0 spiro atoms. The Morgan fingerprint density at radius 2 is 2.18 bits per heavy atom. The Kier molecular flexibility index (Phi) is 5.86. The minimum absolute atomic E-state index is 0.0604. The van der Waals surface area contributed by atoms with E-state index in [1.54, 1.807) is 16.8 Å². The van der Waals surface area contributed by atoms with Crippen LogP contribution >= 0.6 is 11.6 Å². The van der Waals surface area contributed by atoms with E-state index in [0.717, 1.165) is 30.8 Å². The monoisotopic (exact) mass is 486 g/mol. The molecule has 2 fully saturated rings. The minimum atomic E-state index is -0.949. The summed E-state index contributed by atoms with van der Waals surface area (Å²) in [4.78, 5) is 23.5. The Balaban J connectivity index is 1.32. The van der Waals surface area contributed by atoms with Crippen molar-refractivity contribution < 1.29 is 14.3 Å². The predicted molar refractivity (Wildman–Crippen MR) is 127 cm³/mol. The fourth-order valence-corrected chi connectivity index (χ4v) is 4.69. The Morgan fingerprint density at radius 3 is 2.97 bits per heavy atom. The molecular formula is C22H24ClFN8O2. The third-order valence-corrected chi connectivity index (χ3v) is 6.66. The smallest absolute Gasteiger partial charge is 0.407 e. The molecular weight excluding hydrogens is 463 g/mol. The number of carbonyl (C=O) groups is 1. The molecule has 4 N–H and O–H groups in total. The van der Waals surface area contributed by atoms with E-state index in [4.69, 9.17) is 27.4 Å². The molecule has 178 valence electrons. The molecule has 1 aromatic carbocycles. The lowest BCUT2D eigenvalue weighted by atomic mass is 10.00. The molecule has 0 saturated carbocycles. The van der Waals surface area contributed by atoms with Crippen molar-refractivity contribution in [1.82, 2.24) is 19.5 Å². The zero-order chi connectivity index (χ0) is 23.8. The zero-order valence-electron chi connectivity index (χ0n) is 18.2. The summed E-state index contributed by atoms with van der Waals surface area (Å²) >= 11 is 6.38. The summed E-state index contributed by atoms with van der Waals surface area (Å²) in [6.45, 7) is 1.72. The van der Waals surface area contributed by atoms with Crippen molar-refractivity contribution in [3.63, 3.8) is 0 Å². The van der Waals surface area contributed by atoms with Crippen LogP contribution in [0.15, 0.2) is 41.7 Å². The van der Waals surface area contributed by atoms with E-state index in [1.807, 2.05) is 12.3 Å². The second kappa shape index (κ2) is 8.98. The number of likely N-dealkylation sites (tertiary alicyclic amines) is 1. The number of aliphatic imine (C=N–C) groups is 1. The van der Waals surface area contributed by atoms with Crippen LogP contribution in [0, 0.1) is 11.7 Å². The van der Waals surface area contributed by atoms with Gasteiger partial charge >= 0.3 is 6.09 Å². The Bertz CT molecular complexity index is 1260. The van der Waals surface area contributed by atoms with Gasteiger partial charge in [0.1, 0.15) is 29.8 Å². The first-order valence-electron chi connectivity index (χ1n) is 11.0. The molecule has 2 saturated heterocycles. The summed E-state index contributed by atoms with van der Waals surface area (Å²) in [5.74, 6) is 0.801. The van der Waals surface area contributed by atoms with Gasteiger partial charge in [-0.2, -0.15) is 5.10 Å². The normalized spacial score (nSPS) is 19.0. The molecule has 34 heavy (non-hydrogen) atoms. The Labute approximate surface area is 199 Å². The second-order valence-corrected chi connectivity index (χ2v) is 8.84. The number of amides is 1. The van der Waals surface area contributed by atoms with Crippen molar-refractivity contribution in [2.24, 2.45) is 16.6 Å². The molecule has 4 heterocycles. The van der Waals surface area contributed by atoms with Crippen LogP contribution in [0.1, 0.15) is 24.4 Å². The molecule has 3 aromatic rings. The fourth-order valence-electron chi connectivity index (χ4n) is 4.45. The third kappa shape index (κ3) is 4.18. The van der Waals surface area contributed by atoms with Crippen LogP contribution in [0.3, 0.4) is 0 Å². The quantitative estimate of drug-likeness (QED) is 0.361. The van der Waals surface area contributed by atoms with Gasteiger partial charge in [0.15, 0.2) is 5.65 Å². The topological polar surface area (TPSA) is 124 Å². The van der Waals surface area contributed by atoms with Crippen molar-refractivity contribution >= 4 is 40.7 Å². The molecule has 0 aliphatic carbocycles. The summed E-state index contributed by atoms with van der Waals surface area (Å²) < 4.78 is 15.6. The maximum absolute atomic E-state index is 13.9. The van der Waals surface area contributed by atoms with Gasteiger partial charge in [-0.05, 0) is 42.7 Å². The summed E-state index contributed by atoms with van der Waals surface area (Å²) in [6.07, 6.45) is 4.35. The van der Waals surface area contributed by atoms with Crippen molar-refractivity contribution in [3.05, 3.63) is 53.1 Å². The molecule has 5 rings (SSSR count). The van der Waals surface area contributed by atoms with E-state index in [-0.39, 0.29) is 24.4 Å². The van der Waals surface area contributed by atoms with E-state index in [2.05, 4.69) is 20.3 Å². The van der Waals surface area contributed by atoms with Crippen molar-refractivity contribution in [3.8, 4) is 0 Å². The van der Waals surface area contributed by atoms with Gasteiger partial charge in [0, 0.05) is 30.9 Å². The predicted octanol–water partition coefficient (Wildman–Crippen LogP) is 3.20. The van der Waals surface area contributed by atoms with Crippen LogP contribution in [0.2, 0.25) is 5.02 Å². The standard InChI is InChI=1S/C22H24ClFN8O2/c23-16-4-3-14(24)8-15(16)18-2-1-6-31(18)19-5-7-32-21(29-19)17(9-28-32)26-12-27-20(25)13-10-30(11-13)22(33)34/h3-5,7-9,13,18,26H,1-2,6,10-12H2,(H2,25,27)(H,33,34)/t18-/m1/s1. The lowest BCUT2D eigenvalue weighted by Crippen LogP contribution is -2.54. The first-order valence-corrected chi connectivity index (χ1v) is 11.4. The Morgan fingerprint density at radius 1 is 1.35 bits per heavy atom. The van der Waals surface area contributed by atoms with Gasteiger partial charge in [-0.1, -0.05) is 11.6 Å².